The van der Waals surface area contributed by atoms with Crippen molar-refractivity contribution < 1.29 is 13.2 Å². The SMILES string of the molecule is CC(C)n1c(Nc2ccncc2)nc2c(NCc3cccc(C(F)(F)F)c3)ncnc21. The van der Waals surface area contributed by atoms with Crippen LogP contribution in [0.2, 0.25) is 0 Å². The highest BCUT2D eigenvalue weighted by Gasteiger charge is 2.30. The van der Waals surface area contributed by atoms with E-state index in [2.05, 4.69) is 30.6 Å². The first-order valence-electron chi connectivity index (χ1n) is 9.63. The third kappa shape index (κ3) is 4.42. The number of alkyl halides is 3. The van der Waals surface area contributed by atoms with Gasteiger partial charge >= 0.3 is 6.18 Å². The van der Waals surface area contributed by atoms with E-state index in [1.807, 2.05) is 30.5 Å². The van der Waals surface area contributed by atoms with E-state index in [-0.39, 0.29) is 12.6 Å². The van der Waals surface area contributed by atoms with Gasteiger partial charge in [0.15, 0.2) is 17.0 Å². The molecule has 7 nitrogen and oxygen atoms in total. The van der Waals surface area contributed by atoms with Crippen LogP contribution in [0.25, 0.3) is 11.2 Å². The fourth-order valence-corrected chi connectivity index (χ4v) is 3.22. The van der Waals surface area contributed by atoms with Crippen LogP contribution in [0.15, 0.2) is 55.1 Å². The highest BCUT2D eigenvalue weighted by atomic mass is 19.4. The molecule has 3 heterocycles. The minimum absolute atomic E-state index is 0.0561. The summed E-state index contributed by atoms with van der Waals surface area (Å²) in [5, 5.41) is 6.35. The van der Waals surface area contributed by atoms with E-state index in [0.717, 1.165) is 17.8 Å². The van der Waals surface area contributed by atoms with E-state index in [1.54, 1.807) is 18.5 Å². The Morgan fingerprint density at radius 3 is 2.55 bits per heavy atom. The van der Waals surface area contributed by atoms with Gasteiger partial charge in [-0.05, 0) is 43.7 Å². The molecular weight excluding hydrogens is 407 g/mol. The molecule has 2 N–H and O–H groups in total. The summed E-state index contributed by atoms with van der Waals surface area (Å²) in [7, 11) is 0. The Kier molecular flexibility index (Phi) is 5.45. The highest BCUT2D eigenvalue weighted by molar-refractivity contribution is 5.86. The average molecular weight is 427 g/mol. The van der Waals surface area contributed by atoms with Gasteiger partial charge in [-0.3, -0.25) is 9.55 Å². The molecule has 0 spiro atoms. The summed E-state index contributed by atoms with van der Waals surface area (Å²) in [5.74, 6) is 1.03. The van der Waals surface area contributed by atoms with Crippen LogP contribution in [-0.4, -0.2) is 24.5 Å². The molecule has 0 radical (unpaired) electrons. The lowest BCUT2D eigenvalue weighted by Gasteiger charge is -2.13. The van der Waals surface area contributed by atoms with Gasteiger partial charge in [-0.1, -0.05) is 12.1 Å². The summed E-state index contributed by atoms with van der Waals surface area (Å²) in [6.45, 7) is 4.19. The minimum Gasteiger partial charge on any atom is -0.364 e. The summed E-state index contributed by atoms with van der Waals surface area (Å²) in [6, 6.07) is 8.89. The molecule has 3 aromatic heterocycles. The van der Waals surface area contributed by atoms with Gasteiger partial charge in [0.1, 0.15) is 6.33 Å². The van der Waals surface area contributed by atoms with Gasteiger partial charge in [0.05, 0.1) is 5.56 Å². The van der Waals surface area contributed by atoms with Gasteiger partial charge in [-0.2, -0.15) is 13.2 Å². The third-order valence-corrected chi connectivity index (χ3v) is 4.64. The fraction of sp³-hybridized carbons (Fsp3) is 0.238. The maximum absolute atomic E-state index is 13.0. The lowest BCUT2D eigenvalue weighted by Crippen LogP contribution is -2.08. The largest absolute Gasteiger partial charge is 0.416 e. The Balaban J connectivity index is 1.65. The van der Waals surface area contributed by atoms with Crippen molar-refractivity contribution in [3.8, 4) is 0 Å². The van der Waals surface area contributed by atoms with Gasteiger partial charge in [0.2, 0.25) is 5.95 Å². The number of hydrogen-bond donors (Lipinski definition) is 2. The van der Waals surface area contributed by atoms with Crippen molar-refractivity contribution >= 4 is 28.6 Å². The molecule has 4 rings (SSSR count). The van der Waals surface area contributed by atoms with Crippen LogP contribution >= 0.6 is 0 Å². The van der Waals surface area contributed by atoms with E-state index in [1.165, 1.54) is 12.4 Å². The third-order valence-electron chi connectivity index (χ3n) is 4.64. The first kappa shape index (κ1) is 20.6. The van der Waals surface area contributed by atoms with Gasteiger partial charge in [-0.25, -0.2) is 15.0 Å². The molecule has 0 bridgehead atoms. The van der Waals surface area contributed by atoms with Crippen LogP contribution in [0, 0.1) is 0 Å². The van der Waals surface area contributed by atoms with Gasteiger partial charge in [-0.15, -0.1) is 0 Å². The van der Waals surface area contributed by atoms with Crippen LogP contribution in [0.1, 0.15) is 31.0 Å². The van der Waals surface area contributed by atoms with Crippen LogP contribution < -0.4 is 10.6 Å². The van der Waals surface area contributed by atoms with Gasteiger partial charge < -0.3 is 10.6 Å². The predicted octanol–water partition coefficient (Wildman–Crippen LogP) is 5.18. The monoisotopic (exact) mass is 427 g/mol. The molecular formula is C21H20F3N7. The second kappa shape index (κ2) is 8.21. The molecule has 0 amide bonds. The molecule has 4 aromatic rings. The first-order chi connectivity index (χ1) is 14.8. The molecule has 0 fully saturated rings. The molecule has 0 atom stereocenters. The lowest BCUT2D eigenvalue weighted by molar-refractivity contribution is -0.137. The summed E-state index contributed by atoms with van der Waals surface area (Å²) in [6.07, 6.45) is 0.370. The Bertz CT molecular complexity index is 1190. The summed E-state index contributed by atoms with van der Waals surface area (Å²) >= 11 is 0. The standard InChI is InChI=1S/C21H20F3N7/c1-13(2)31-19-17(30-20(31)29-16-6-8-25-9-7-16)18(27-12-28-19)26-11-14-4-3-5-15(10-14)21(22,23)24/h3-10,12-13H,11H2,1-2H3,(H,25,29,30)(H,26,27,28). The number of imidazole rings is 1. The number of nitrogens with one attached hydrogen (secondary N) is 2. The number of pyridine rings is 1. The van der Waals surface area contributed by atoms with Gasteiger partial charge in [0, 0.05) is 30.7 Å². The topological polar surface area (TPSA) is 80.5 Å². The lowest BCUT2D eigenvalue weighted by atomic mass is 10.1. The fourth-order valence-electron chi connectivity index (χ4n) is 3.22. The summed E-state index contributed by atoms with van der Waals surface area (Å²) in [4.78, 5) is 17.3. The van der Waals surface area contributed by atoms with Crippen molar-refractivity contribution in [1.82, 2.24) is 24.5 Å². The minimum atomic E-state index is -4.39. The number of anilines is 3. The second-order valence-electron chi connectivity index (χ2n) is 7.21. The number of fused-ring (bicyclic) bond motifs is 1. The van der Waals surface area contributed by atoms with E-state index in [9.17, 15) is 13.2 Å². The molecule has 1 aromatic carbocycles. The number of benzene rings is 1. The van der Waals surface area contributed by atoms with E-state index < -0.39 is 11.7 Å². The number of hydrogen-bond acceptors (Lipinski definition) is 6. The highest BCUT2D eigenvalue weighted by Crippen LogP contribution is 2.31. The van der Waals surface area contributed by atoms with Crippen LogP contribution in [0.5, 0.6) is 0 Å². The van der Waals surface area contributed by atoms with Crippen molar-refractivity contribution in [2.75, 3.05) is 10.6 Å². The molecule has 0 saturated carbocycles. The van der Waals surface area contributed by atoms with E-state index >= 15 is 0 Å². The quantitative estimate of drug-likeness (QED) is 0.442. The van der Waals surface area contributed by atoms with Crippen molar-refractivity contribution in [2.24, 2.45) is 0 Å². The van der Waals surface area contributed by atoms with Crippen molar-refractivity contribution in [1.29, 1.82) is 0 Å². The Hall–Kier alpha value is -3.69. The van der Waals surface area contributed by atoms with Crippen molar-refractivity contribution in [2.45, 2.75) is 32.6 Å². The van der Waals surface area contributed by atoms with Crippen molar-refractivity contribution in [3.63, 3.8) is 0 Å². The average Bonchev–Trinajstić information content (AvgIpc) is 3.11. The van der Waals surface area contributed by atoms with Gasteiger partial charge in [0.25, 0.3) is 0 Å². The van der Waals surface area contributed by atoms with E-state index in [4.69, 9.17) is 0 Å². The van der Waals surface area contributed by atoms with Crippen LogP contribution in [-0.2, 0) is 12.7 Å². The second-order valence-corrected chi connectivity index (χ2v) is 7.21. The molecule has 0 saturated heterocycles. The first-order valence-corrected chi connectivity index (χ1v) is 9.63. The smallest absolute Gasteiger partial charge is 0.364 e. The maximum atomic E-state index is 13.0. The summed E-state index contributed by atoms with van der Waals surface area (Å²) in [5.41, 5.74) is 1.76. The zero-order valence-electron chi connectivity index (χ0n) is 16.9. The zero-order chi connectivity index (χ0) is 22.0. The number of halogens is 3. The Labute approximate surface area is 176 Å². The number of nitrogens with zero attached hydrogens (tertiary/aromatic N) is 5. The Morgan fingerprint density at radius 1 is 1.06 bits per heavy atom. The Morgan fingerprint density at radius 2 is 1.84 bits per heavy atom. The molecule has 0 aliphatic heterocycles. The summed E-state index contributed by atoms with van der Waals surface area (Å²) < 4.78 is 40.9. The molecule has 0 unspecified atom stereocenters. The molecule has 31 heavy (non-hydrogen) atoms. The maximum Gasteiger partial charge on any atom is 0.416 e. The molecule has 160 valence electrons. The normalized spacial score (nSPS) is 11.8. The predicted molar refractivity (Wildman–Crippen MR) is 112 cm³/mol. The molecule has 10 heteroatoms. The number of aromatic nitrogens is 5. The van der Waals surface area contributed by atoms with Crippen molar-refractivity contribution in [3.05, 3.63) is 66.2 Å². The van der Waals surface area contributed by atoms with Crippen LogP contribution in [0.4, 0.5) is 30.6 Å². The molecule has 0 aliphatic rings. The zero-order valence-corrected chi connectivity index (χ0v) is 16.9. The molecule has 0 aliphatic carbocycles. The van der Waals surface area contributed by atoms with Crippen LogP contribution in [0.3, 0.4) is 0 Å². The number of rotatable bonds is 6. The van der Waals surface area contributed by atoms with E-state index in [0.29, 0.717) is 28.5 Å².